The molecule has 1 saturated heterocycles. The van der Waals surface area contributed by atoms with Gasteiger partial charge in [0.15, 0.2) is 6.61 Å². The Balaban J connectivity index is 1.78. The van der Waals surface area contributed by atoms with Gasteiger partial charge < -0.3 is 9.64 Å². The van der Waals surface area contributed by atoms with E-state index < -0.39 is 0 Å². The van der Waals surface area contributed by atoms with Gasteiger partial charge in [-0.3, -0.25) is 9.69 Å². The summed E-state index contributed by atoms with van der Waals surface area (Å²) in [7, 11) is 0. The first-order valence-corrected chi connectivity index (χ1v) is 7.25. The predicted octanol–water partition coefficient (Wildman–Crippen LogP) is 1.49. The van der Waals surface area contributed by atoms with Gasteiger partial charge in [-0.2, -0.15) is 5.26 Å². The van der Waals surface area contributed by atoms with E-state index in [-0.39, 0.29) is 12.5 Å². The number of nitrogens with zero attached hydrogens (tertiary/aromatic N) is 3. The second kappa shape index (κ2) is 7.09. The number of carbonyl (C=O) groups is 1. The quantitative estimate of drug-likeness (QED) is 0.842. The Morgan fingerprint density at radius 3 is 2.38 bits per heavy atom. The van der Waals surface area contributed by atoms with Gasteiger partial charge in [0.2, 0.25) is 0 Å². The van der Waals surface area contributed by atoms with Gasteiger partial charge >= 0.3 is 0 Å². The molecule has 0 radical (unpaired) electrons. The number of ether oxygens (including phenoxy) is 1. The van der Waals surface area contributed by atoms with E-state index >= 15 is 0 Å². The lowest BCUT2D eigenvalue weighted by Crippen LogP contribution is -2.51. The molecule has 1 aromatic carbocycles. The van der Waals surface area contributed by atoms with Crippen molar-refractivity contribution in [1.29, 1.82) is 5.26 Å². The smallest absolute Gasteiger partial charge is 0.260 e. The normalized spacial score (nSPS) is 15.8. The number of nitriles is 1. The summed E-state index contributed by atoms with van der Waals surface area (Å²) in [6.07, 6.45) is 0. The third-order valence-corrected chi connectivity index (χ3v) is 3.74. The van der Waals surface area contributed by atoms with Crippen molar-refractivity contribution in [3.63, 3.8) is 0 Å². The number of carbonyl (C=O) groups excluding carboxylic acids is 1. The molecule has 0 aliphatic carbocycles. The zero-order valence-corrected chi connectivity index (χ0v) is 12.6. The first-order valence-electron chi connectivity index (χ1n) is 7.25. The maximum atomic E-state index is 12.1. The summed E-state index contributed by atoms with van der Waals surface area (Å²) in [4.78, 5) is 16.3. The lowest BCUT2D eigenvalue weighted by Gasteiger charge is -2.36. The van der Waals surface area contributed by atoms with Crippen LogP contribution in [0.2, 0.25) is 0 Å². The van der Waals surface area contributed by atoms with Crippen LogP contribution in [0.4, 0.5) is 0 Å². The lowest BCUT2D eigenvalue weighted by atomic mass is 10.2. The van der Waals surface area contributed by atoms with E-state index in [9.17, 15) is 4.79 Å². The molecule has 1 aliphatic rings. The monoisotopic (exact) mass is 287 g/mol. The summed E-state index contributed by atoms with van der Waals surface area (Å²) in [6, 6.07) is 9.36. The summed E-state index contributed by atoms with van der Waals surface area (Å²) in [5.41, 5.74) is 0.582. The Hall–Kier alpha value is -2.06. The molecule has 5 heteroatoms. The second-order valence-electron chi connectivity index (χ2n) is 5.44. The van der Waals surface area contributed by atoms with E-state index in [1.807, 2.05) is 11.0 Å². The molecule has 112 valence electrons. The molecule has 5 nitrogen and oxygen atoms in total. The molecule has 1 aromatic rings. The maximum absolute atomic E-state index is 12.1. The van der Waals surface area contributed by atoms with E-state index in [1.54, 1.807) is 24.3 Å². The van der Waals surface area contributed by atoms with Crippen LogP contribution >= 0.6 is 0 Å². The zero-order valence-electron chi connectivity index (χ0n) is 12.6. The fourth-order valence-electron chi connectivity index (χ4n) is 2.35. The Morgan fingerprint density at radius 1 is 1.24 bits per heavy atom. The number of hydrogen-bond acceptors (Lipinski definition) is 4. The molecule has 21 heavy (non-hydrogen) atoms. The zero-order chi connectivity index (χ0) is 15.2. The number of hydrogen-bond donors (Lipinski definition) is 0. The first kappa shape index (κ1) is 15.3. The van der Waals surface area contributed by atoms with Crippen LogP contribution in [-0.4, -0.2) is 54.5 Å². The number of benzene rings is 1. The van der Waals surface area contributed by atoms with Gasteiger partial charge in [-0.15, -0.1) is 0 Å². The van der Waals surface area contributed by atoms with Crippen molar-refractivity contribution >= 4 is 5.91 Å². The van der Waals surface area contributed by atoms with Crippen molar-refractivity contribution in [2.45, 2.75) is 19.9 Å². The molecule has 0 spiro atoms. The van der Waals surface area contributed by atoms with Gasteiger partial charge in [-0.05, 0) is 38.1 Å². The Labute approximate surface area is 125 Å². The Kier molecular flexibility index (Phi) is 5.18. The molecular formula is C16H21N3O2. The van der Waals surface area contributed by atoms with Crippen LogP contribution < -0.4 is 4.74 Å². The van der Waals surface area contributed by atoms with Crippen LogP contribution in [0.5, 0.6) is 5.75 Å². The summed E-state index contributed by atoms with van der Waals surface area (Å²) >= 11 is 0. The minimum absolute atomic E-state index is 0.0164. The lowest BCUT2D eigenvalue weighted by molar-refractivity contribution is -0.135. The molecule has 1 aliphatic heterocycles. The maximum Gasteiger partial charge on any atom is 0.260 e. The minimum atomic E-state index is 0.0164. The van der Waals surface area contributed by atoms with Crippen molar-refractivity contribution in [3.05, 3.63) is 29.8 Å². The van der Waals surface area contributed by atoms with Gasteiger partial charge in [0, 0.05) is 32.2 Å². The Bertz CT molecular complexity index is 511. The molecule has 2 rings (SSSR count). The van der Waals surface area contributed by atoms with E-state index in [2.05, 4.69) is 18.7 Å². The van der Waals surface area contributed by atoms with Crippen molar-refractivity contribution in [2.75, 3.05) is 32.8 Å². The summed E-state index contributed by atoms with van der Waals surface area (Å²) in [5.74, 6) is 0.630. The molecule has 0 unspecified atom stereocenters. The van der Waals surface area contributed by atoms with Crippen LogP contribution in [0, 0.1) is 11.3 Å². The molecular weight excluding hydrogens is 266 g/mol. The molecule has 1 fully saturated rings. The standard InChI is InChI=1S/C16H21N3O2/c1-13(2)18-7-9-19(10-8-18)16(20)12-21-15-5-3-14(11-17)4-6-15/h3-6,13H,7-10,12H2,1-2H3. The fraction of sp³-hybridized carbons (Fsp3) is 0.500. The molecule has 0 atom stereocenters. The number of piperazine rings is 1. The third kappa shape index (κ3) is 4.20. The van der Waals surface area contributed by atoms with Crippen LogP contribution in [0.1, 0.15) is 19.4 Å². The highest BCUT2D eigenvalue weighted by Crippen LogP contribution is 2.12. The SMILES string of the molecule is CC(C)N1CCN(C(=O)COc2ccc(C#N)cc2)CC1. The summed E-state index contributed by atoms with van der Waals surface area (Å²) < 4.78 is 5.48. The van der Waals surface area contributed by atoms with Gasteiger partial charge in [0.05, 0.1) is 11.6 Å². The average Bonchev–Trinajstić information content (AvgIpc) is 2.53. The molecule has 0 saturated carbocycles. The van der Waals surface area contributed by atoms with E-state index in [4.69, 9.17) is 10.00 Å². The Morgan fingerprint density at radius 2 is 1.86 bits per heavy atom. The number of rotatable bonds is 4. The van der Waals surface area contributed by atoms with E-state index in [1.165, 1.54) is 0 Å². The molecule has 0 bridgehead atoms. The van der Waals surface area contributed by atoms with Crippen LogP contribution in [0.3, 0.4) is 0 Å². The third-order valence-electron chi connectivity index (χ3n) is 3.74. The fourth-order valence-corrected chi connectivity index (χ4v) is 2.35. The van der Waals surface area contributed by atoms with Crippen LogP contribution in [-0.2, 0) is 4.79 Å². The number of amides is 1. The highest BCUT2D eigenvalue weighted by atomic mass is 16.5. The van der Waals surface area contributed by atoms with Crippen molar-refractivity contribution in [2.24, 2.45) is 0 Å². The van der Waals surface area contributed by atoms with Crippen LogP contribution in [0.15, 0.2) is 24.3 Å². The van der Waals surface area contributed by atoms with Crippen LogP contribution in [0.25, 0.3) is 0 Å². The molecule has 0 aromatic heterocycles. The highest BCUT2D eigenvalue weighted by molar-refractivity contribution is 5.77. The highest BCUT2D eigenvalue weighted by Gasteiger charge is 2.22. The summed E-state index contributed by atoms with van der Waals surface area (Å²) in [6.45, 7) is 7.74. The molecule has 0 N–H and O–H groups in total. The predicted molar refractivity (Wildman–Crippen MR) is 79.9 cm³/mol. The molecule has 1 heterocycles. The van der Waals surface area contributed by atoms with Gasteiger partial charge in [0.25, 0.3) is 5.91 Å². The van der Waals surface area contributed by atoms with Crippen molar-refractivity contribution in [3.8, 4) is 11.8 Å². The van der Waals surface area contributed by atoms with Crippen molar-refractivity contribution in [1.82, 2.24) is 9.80 Å². The second-order valence-corrected chi connectivity index (χ2v) is 5.44. The van der Waals surface area contributed by atoms with E-state index in [0.29, 0.717) is 17.4 Å². The van der Waals surface area contributed by atoms with Gasteiger partial charge in [-0.25, -0.2) is 0 Å². The first-order chi connectivity index (χ1) is 10.1. The van der Waals surface area contributed by atoms with Crippen molar-refractivity contribution < 1.29 is 9.53 Å². The van der Waals surface area contributed by atoms with E-state index in [0.717, 1.165) is 26.2 Å². The van der Waals surface area contributed by atoms with Gasteiger partial charge in [-0.1, -0.05) is 0 Å². The topological polar surface area (TPSA) is 56.6 Å². The van der Waals surface area contributed by atoms with Gasteiger partial charge in [0.1, 0.15) is 5.75 Å². The largest absolute Gasteiger partial charge is 0.484 e. The summed E-state index contributed by atoms with van der Waals surface area (Å²) in [5, 5.41) is 8.72. The molecule has 1 amide bonds. The minimum Gasteiger partial charge on any atom is -0.484 e. The average molecular weight is 287 g/mol.